The highest BCUT2D eigenvalue weighted by atomic mass is 16.7. The van der Waals surface area contributed by atoms with Crippen molar-refractivity contribution in [2.45, 2.75) is 421 Å². The molecule has 530 valence electrons. The quantitative estimate of drug-likeness (QED) is 0.0204. The molecule has 0 saturated carbocycles. The summed E-state index contributed by atoms with van der Waals surface area (Å²) in [5.41, 5.74) is 0. The van der Waals surface area contributed by atoms with Crippen LogP contribution in [0.5, 0.6) is 0 Å². The zero-order valence-corrected chi connectivity index (χ0v) is 57.9. The summed E-state index contributed by atoms with van der Waals surface area (Å²) in [5, 5.41) is 87.6. The molecule has 2 rings (SSSR count). The van der Waals surface area contributed by atoms with Crippen molar-refractivity contribution in [2.75, 3.05) is 19.8 Å². The van der Waals surface area contributed by atoms with Gasteiger partial charge in [-0.25, -0.2) is 0 Å². The minimum absolute atomic E-state index is 0.237. The standard InChI is InChI=1S/C76H143NO13/c1-3-5-7-9-11-13-15-17-19-21-23-25-27-28-29-30-31-32-33-34-35-36-38-39-41-43-45-47-49-51-53-55-57-59-65(80)64(63-87-75-73(86)71(84)74(67(62-79)89-75)90-76-72(85)70(83)69(82)66(61-78)88-76)77-68(81)60-58-56-54-52-50-48-46-44-42-40-37-26-24-22-20-18-16-14-12-10-8-6-4-2/h16,18,22,24,57,59,64-67,69-76,78-80,82-86H,3-15,17,19-21,23,25-56,58,60-63H2,1-2H3,(H,77,81)/b18-16-,24-22-,59-57+. The van der Waals surface area contributed by atoms with E-state index in [0.29, 0.717) is 6.42 Å². The molecule has 2 saturated heterocycles. The van der Waals surface area contributed by atoms with Gasteiger partial charge in [0.05, 0.1) is 32.0 Å². The molecule has 0 bridgehead atoms. The Bertz CT molecular complexity index is 1650. The molecule has 2 aliphatic rings. The average molecular weight is 1280 g/mol. The Balaban J connectivity index is 1.63. The first kappa shape index (κ1) is 84.3. The Hall–Kier alpha value is -1.79. The summed E-state index contributed by atoms with van der Waals surface area (Å²) < 4.78 is 22.9. The third kappa shape index (κ3) is 44.0. The zero-order chi connectivity index (χ0) is 65.2. The number of allylic oxidation sites excluding steroid dienone is 5. The second-order valence-electron chi connectivity index (χ2n) is 27.1. The van der Waals surface area contributed by atoms with Gasteiger partial charge in [-0.05, 0) is 51.4 Å². The van der Waals surface area contributed by atoms with Crippen molar-refractivity contribution in [3.63, 3.8) is 0 Å². The molecule has 2 heterocycles. The van der Waals surface area contributed by atoms with Gasteiger partial charge in [0.15, 0.2) is 12.6 Å². The number of carbonyl (C=O) groups excluding carboxylic acids is 1. The lowest BCUT2D eigenvalue weighted by Gasteiger charge is -2.46. The van der Waals surface area contributed by atoms with Crippen LogP contribution < -0.4 is 5.32 Å². The van der Waals surface area contributed by atoms with Gasteiger partial charge in [-0.15, -0.1) is 0 Å². The van der Waals surface area contributed by atoms with Gasteiger partial charge in [0, 0.05) is 6.42 Å². The number of nitrogens with one attached hydrogen (secondary N) is 1. The number of hydrogen-bond donors (Lipinski definition) is 9. The van der Waals surface area contributed by atoms with Gasteiger partial charge >= 0.3 is 0 Å². The first-order valence-corrected chi connectivity index (χ1v) is 38.2. The smallest absolute Gasteiger partial charge is 0.220 e. The van der Waals surface area contributed by atoms with Crippen LogP contribution in [-0.2, 0) is 23.7 Å². The average Bonchev–Trinajstić information content (AvgIpc) is 1.28. The second-order valence-corrected chi connectivity index (χ2v) is 27.1. The lowest BCUT2D eigenvalue weighted by Crippen LogP contribution is -2.65. The Morgan fingerprint density at radius 2 is 0.733 bits per heavy atom. The minimum Gasteiger partial charge on any atom is -0.394 e. The highest BCUT2D eigenvalue weighted by molar-refractivity contribution is 5.76. The third-order valence-corrected chi connectivity index (χ3v) is 18.8. The van der Waals surface area contributed by atoms with Crippen LogP contribution in [0.15, 0.2) is 36.5 Å². The molecule has 0 radical (unpaired) electrons. The first-order valence-electron chi connectivity index (χ1n) is 38.2. The lowest BCUT2D eigenvalue weighted by molar-refractivity contribution is -0.359. The molecule has 12 atom stereocenters. The molecule has 0 aromatic heterocycles. The van der Waals surface area contributed by atoms with Gasteiger partial charge in [-0.3, -0.25) is 4.79 Å². The van der Waals surface area contributed by atoms with Gasteiger partial charge in [0.25, 0.3) is 0 Å². The first-order chi connectivity index (χ1) is 44.1. The highest BCUT2D eigenvalue weighted by Gasteiger charge is 2.51. The second kappa shape index (κ2) is 60.8. The van der Waals surface area contributed by atoms with Crippen molar-refractivity contribution in [2.24, 2.45) is 0 Å². The molecule has 0 spiro atoms. The third-order valence-electron chi connectivity index (χ3n) is 18.8. The number of carbonyl (C=O) groups is 1. The van der Waals surface area contributed by atoms with Crippen LogP contribution in [0.25, 0.3) is 0 Å². The summed E-state index contributed by atoms with van der Waals surface area (Å²) in [4.78, 5) is 13.3. The Morgan fingerprint density at radius 3 is 1.11 bits per heavy atom. The van der Waals surface area contributed by atoms with Gasteiger partial charge < -0.3 is 65.1 Å². The van der Waals surface area contributed by atoms with E-state index in [-0.39, 0.29) is 18.9 Å². The molecule has 2 aliphatic heterocycles. The number of hydrogen-bond acceptors (Lipinski definition) is 13. The van der Waals surface area contributed by atoms with Crippen molar-refractivity contribution >= 4 is 5.91 Å². The molecule has 0 aromatic rings. The van der Waals surface area contributed by atoms with Crippen molar-refractivity contribution in [3.8, 4) is 0 Å². The number of ether oxygens (including phenoxy) is 4. The SMILES string of the molecule is CCCCCCC/C=C\C/C=C\CCCCCCCCCCCCCC(=O)NC(COC1OC(CO)C(OC2OC(CO)C(O)C(O)C2O)C(O)C1O)C(O)/C=C/CCCCCCCCCCCCCCCCCCCCCCCCCCCCCCCCC. The van der Waals surface area contributed by atoms with E-state index in [1.54, 1.807) is 6.08 Å². The topological polar surface area (TPSA) is 228 Å². The molecule has 9 N–H and O–H groups in total. The summed E-state index contributed by atoms with van der Waals surface area (Å²) >= 11 is 0. The molecule has 0 aliphatic carbocycles. The summed E-state index contributed by atoms with van der Waals surface area (Å²) in [5.74, 6) is -0.237. The van der Waals surface area contributed by atoms with Gasteiger partial charge in [0.2, 0.25) is 5.91 Å². The summed E-state index contributed by atoms with van der Waals surface area (Å²) in [6.07, 6.45) is 62.2. The summed E-state index contributed by atoms with van der Waals surface area (Å²) in [6, 6.07) is -0.917. The lowest BCUT2D eigenvalue weighted by atomic mass is 9.97. The van der Waals surface area contributed by atoms with Gasteiger partial charge in [-0.1, -0.05) is 326 Å². The fourth-order valence-corrected chi connectivity index (χ4v) is 12.7. The van der Waals surface area contributed by atoms with E-state index < -0.39 is 86.8 Å². The van der Waals surface area contributed by atoms with Crippen LogP contribution in [0.1, 0.15) is 348 Å². The van der Waals surface area contributed by atoms with E-state index in [9.17, 15) is 45.6 Å². The number of unbranched alkanes of at least 4 members (excludes halogenated alkanes) is 47. The molecular weight excluding hydrogens is 1130 g/mol. The predicted molar refractivity (Wildman–Crippen MR) is 369 cm³/mol. The Morgan fingerprint density at radius 1 is 0.400 bits per heavy atom. The van der Waals surface area contributed by atoms with Crippen LogP contribution in [0.3, 0.4) is 0 Å². The Labute approximate surface area is 551 Å². The van der Waals surface area contributed by atoms with Gasteiger partial charge in [0.1, 0.15) is 48.8 Å². The molecule has 0 aromatic carbocycles. The van der Waals surface area contributed by atoms with E-state index >= 15 is 0 Å². The van der Waals surface area contributed by atoms with E-state index in [0.717, 1.165) is 44.9 Å². The maximum Gasteiger partial charge on any atom is 0.220 e. The number of aliphatic hydroxyl groups is 8. The van der Waals surface area contributed by atoms with Crippen LogP contribution in [-0.4, -0.2) is 140 Å². The van der Waals surface area contributed by atoms with E-state index in [1.165, 1.54) is 276 Å². The van der Waals surface area contributed by atoms with Gasteiger partial charge in [-0.2, -0.15) is 0 Å². The Kier molecular flexibility index (Phi) is 57.0. The summed E-state index contributed by atoms with van der Waals surface area (Å²) in [6.45, 7) is 2.84. The monoisotopic (exact) mass is 1280 g/mol. The molecule has 14 nitrogen and oxygen atoms in total. The minimum atomic E-state index is -1.79. The fourth-order valence-electron chi connectivity index (χ4n) is 12.7. The molecular formula is C76H143NO13. The fraction of sp³-hybridized carbons (Fsp3) is 0.908. The largest absolute Gasteiger partial charge is 0.394 e. The number of amides is 1. The number of aliphatic hydroxyl groups excluding tert-OH is 8. The highest BCUT2D eigenvalue weighted by Crippen LogP contribution is 2.30. The maximum atomic E-state index is 13.3. The summed E-state index contributed by atoms with van der Waals surface area (Å²) in [7, 11) is 0. The van der Waals surface area contributed by atoms with E-state index in [4.69, 9.17) is 18.9 Å². The molecule has 12 unspecified atom stereocenters. The van der Waals surface area contributed by atoms with Crippen molar-refractivity contribution in [1.82, 2.24) is 5.32 Å². The van der Waals surface area contributed by atoms with Crippen LogP contribution in [0.2, 0.25) is 0 Å². The molecule has 2 fully saturated rings. The van der Waals surface area contributed by atoms with Crippen molar-refractivity contribution < 1.29 is 64.6 Å². The van der Waals surface area contributed by atoms with Crippen LogP contribution >= 0.6 is 0 Å². The van der Waals surface area contributed by atoms with Crippen LogP contribution in [0, 0.1) is 0 Å². The normalized spacial score (nSPS) is 23.0. The molecule has 14 heteroatoms. The van der Waals surface area contributed by atoms with E-state index in [2.05, 4.69) is 43.5 Å². The van der Waals surface area contributed by atoms with Crippen molar-refractivity contribution in [3.05, 3.63) is 36.5 Å². The number of rotatable bonds is 64. The predicted octanol–water partition coefficient (Wildman–Crippen LogP) is 16.5. The van der Waals surface area contributed by atoms with E-state index in [1.807, 2.05) is 6.08 Å². The van der Waals surface area contributed by atoms with Crippen LogP contribution in [0.4, 0.5) is 0 Å². The van der Waals surface area contributed by atoms with Crippen molar-refractivity contribution in [1.29, 1.82) is 0 Å². The molecule has 90 heavy (non-hydrogen) atoms. The molecule has 1 amide bonds. The maximum absolute atomic E-state index is 13.3. The zero-order valence-electron chi connectivity index (χ0n) is 57.9.